The molecule has 0 saturated heterocycles. The van der Waals surface area contributed by atoms with Crippen molar-refractivity contribution in [2.45, 2.75) is 25.4 Å². The van der Waals surface area contributed by atoms with Crippen LogP contribution in [0, 0.1) is 0 Å². The Morgan fingerprint density at radius 2 is 2.24 bits per heavy atom. The van der Waals surface area contributed by atoms with Gasteiger partial charge < -0.3 is 9.47 Å². The van der Waals surface area contributed by atoms with Gasteiger partial charge in [0.2, 0.25) is 0 Å². The van der Waals surface area contributed by atoms with Crippen molar-refractivity contribution >= 4 is 28.9 Å². The van der Waals surface area contributed by atoms with Crippen LogP contribution in [0.4, 0.5) is 0 Å². The summed E-state index contributed by atoms with van der Waals surface area (Å²) in [5, 5.41) is 0.535. The number of fused-ring (bicyclic) bond motifs is 1. The van der Waals surface area contributed by atoms with E-state index in [1.807, 2.05) is 12.1 Å². The minimum atomic E-state index is -0.489. The Bertz CT molecular complexity index is 671. The fourth-order valence-electron chi connectivity index (χ4n) is 2.51. The van der Waals surface area contributed by atoms with Crippen LogP contribution < -0.4 is 4.74 Å². The number of nitrogens with zero attached hydrogens (tertiary/aromatic N) is 1. The number of thiazole rings is 1. The Hall–Kier alpha value is -1.59. The molecule has 1 atom stereocenters. The first-order valence-corrected chi connectivity index (χ1v) is 7.87. The van der Waals surface area contributed by atoms with E-state index < -0.39 is 5.97 Å². The first-order chi connectivity index (χ1) is 10.2. The summed E-state index contributed by atoms with van der Waals surface area (Å²) in [5.74, 6) is -0.489. The summed E-state index contributed by atoms with van der Waals surface area (Å²) in [7, 11) is 1.32. The van der Waals surface area contributed by atoms with Gasteiger partial charge in [-0.15, -0.1) is 0 Å². The van der Waals surface area contributed by atoms with Gasteiger partial charge in [-0.05, 0) is 30.4 Å². The molecule has 0 spiro atoms. The molecule has 0 amide bonds. The molecule has 4 nitrogen and oxygen atoms in total. The molecule has 0 radical (unpaired) electrons. The van der Waals surface area contributed by atoms with Crippen molar-refractivity contribution in [1.29, 1.82) is 0 Å². The third-order valence-electron chi connectivity index (χ3n) is 3.49. The van der Waals surface area contributed by atoms with Crippen LogP contribution in [0.3, 0.4) is 0 Å². The molecular weight excluding hydrogens is 310 g/mol. The highest BCUT2D eigenvalue weighted by Gasteiger charge is 2.24. The van der Waals surface area contributed by atoms with Crippen LogP contribution in [-0.2, 0) is 11.2 Å². The normalized spacial score (nSPS) is 17.1. The van der Waals surface area contributed by atoms with Crippen LogP contribution in [0.25, 0.3) is 0 Å². The number of ether oxygens (including phenoxy) is 2. The number of esters is 1. The Kier molecular flexibility index (Phi) is 4.12. The summed E-state index contributed by atoms with van der Waals surface area (Å²) in [5.41, 5.74) is 2.50. The maximum atomic E-state index is 11.5. The predicted octanol–water partition coefficient (Wildman–Crippen LogP) is 4.04. The number of methoxy groups -OCH3 is 1. The van der Waals surface area contributed by atoms with E-state index in [2.05, 4.69) is 21.9 Å². The lowest BCUT2D eigenvalue weighted by Crippen LogP contribution is -2.14. The molecule has 0 fully saturated rings. The third-order valence-corrected chi connectivity index (χ3v) is 4.81. The monoisotopic (exact) mass is 323 g/mol. The molecule has 0 N–H and O–H groups in total. The Balaban J connectivity index is 1.84. The summed E-state index contributed by atoms with van der Waals surface area (Å²) in [4.78, 5) is 15.9. The number of carbonyl (C=O) groups is 1. The van der Waals surface area contributed by atoms with Gasteiger partial charge in [0.15, 0.2) is 10.0 Å². The Morgan fingerprint density at radius 1 is 1.43 bits per heavy atom. The molecule has 6 heteroatoms. The Morgan fingerprint density at radius 3 is 3.05 bits per heavy atom. The van der Waals surface area contributed by atoms with E-state index in [4.69, 9.17) is 16.3 Å². The maximum Gasteiger partial charge on any atom is 0.351 e. The van der Waals surface area contributed by atoms with Crippen LogP contribution in [0.15, 0.2) is 24.3 Å². The van der Waals surface area contributed by atoms with E-state index >= 15 is 0 Å². The van der Waals surface area contributed by atoms with Crippen molar-refractivity contribution in [1.82, 2.24) is 4.98 Å². The van der Waals surface area contributed by atoms with Gasteiger partial charge >= 0.3 is 5.97 Å². The minimum absolute atomic E-state index is 0.0392. The number of hydrogen-bond donors (Lipinski definition) is 0. The van der Waals surface area contributed by atoms with E-state index in [0.717, 1.165) is 30.6 Å². The zero-order valence-corrected chi connectivity index (χ0v) is 13.0. The summed E-state index contributed by atoms with van der Waals surface area (Å²) >= 11 is 7.08. The van der Waals surface area contributed by atoms with Crippen molar-refractivity contribution in [2.75, 3.05) is 7.11 Å². The molecule has 1 aliphatic carbocycles. The molecule has 3 rings (SSSR count). The lowest BCUT2D eigenvalue weighted by atomic mass is 9.89. The molecule has 1 unspecified atom stereocenters. The molecule has 110 valence electrons. The number of halogens is 1. The van der Waals surface area contributed by atoms with Crippen molar-refractivity contribution in [3.05, 3.63) is 45.4 Å². The zero-order chi connectivity index (χ0) is 14.8. The van der Waals surface area contributed by atoms with Crippen molar-refractivity contribution in [2.24, 2.45) is 0 Å². The fraction of sp³-hybridized carbons (Fsp3) is 0.333. The topological polar surface area (TPSA) is 48.4 Å². The third kappa shape index (κ3) is 2.89. The molecule has 0 bridgehead atoms. The standard InChI is InChI=1S/C15H14ClNO3S/c1-19-14(18)12-13(16)17-15(21-12)20-11-8-4-6-9-5-2-3-7-10(9)11/h2-3,5,7,11H,4,6,8H2,1H3. The van der Waals surface area contributed by atoms with Gasteiger partial charge in [-0.1, -0.05) is 47.2 Å². The maximum absolute atomic E-state index is 11.5. The van der Waals surface area contributed by atoms with Crippen molar-refractivity contribution in [3.8, 4) is 5.19 Å². The average molecular weight is 324 g/mol. The molecule has 1 heterocycles. The molecule has 21 heavy (non-hydrogen) atoms. The number of benzene rings is 1. The number of hydrogen-bond acceptors (Lipinski definition) is 5. The van der Waals surface area contributed by atoms with Crippen LogP contribution in [0.1, 0.15) is 39.7 Å². The van der Waals surface area contributed by atoms with Gasteiger partial charge in [-0.25, -0.2) is 4.79 Å². The van der Waals surface area contributed by atoms with Crippen LogP contribution in [0.5, 0.6) is 5.19 Å². The van der Waals surface area contributed by atoms with Gasteiger partial charge in [0.05, 0.1) is 7.11 Å². The number of aromatic nitrogens is 1. The smallest absolute Gasteiger partial charge is 0.351 e. The summed E-state index contributed by atoms with van der Waals surface area (Å²) < 4.78 is 10.6. The van der Waals surface area contributed by atoms with Gasteiger partial charge in [0.1, 0.15) is 6.10 Å². The van der Waals surface area contributed by atoms with Crippen LogP contribution in [0.2, 0.25) is 5.15 Å². The summed E-state index contributed by atoms with van der Waals surface area (Å²) in [6.45, 7) is 0. The average Bonchev–Trinajstić information content (AvgIpc) is 2.87. The van der Waals surface area contributed by atoms with Crippen LogP contribution >= 0.6 is 22.9 Å². The molecule has 0 saturated carbocycles. The first kappa shape index (κ1) is 14.4. The summed E-state index contributed by atoms with van der Waals surface area (Å²) in [6.07, 6.45) is 3.04. The van der Waals surface area contributed by atoms with Gasteiger partial charge in [-0.3, -0.25) is 0 Å². The van der Waals surface area contributed by atoms with Crippen molar-refractivity contribution in [3.63, 3.8) is 0 Å². The SMILES string of the molecule is COC(=O)c1sc(OC2CCCc3ccccc32)nc1Cl. The second-order valence-corrected chi connectivity index (χ2v) is 6.11. The second-order valence-electron chi connectivity index (χ2n) is 4.79. The van der Waals surface area contributed by atoms with E-state index in [1.165, 1.54) is 18.2 Å². The number of carbonyl (C=O) groups excluding carboxylic acids is 1. The molecule has 2 aromatic rings. The minimum Gasteiger partial charge on any atom is -0.465 e. The quantitative estimate of drug-likeness (QED) is 0.800. The first-order valence-electron chi connectivity index (χ1n) is 6.68. The number of aryl methyl sites for hydroxylation is 1. The zero-order valence-electron chi connectivity index (χ0n) is 11.5. The molecule has 1 aromatic carbocycles. The largest absolute Gasteiger partial charge is 0.465 e. The number of rotatable bonds is 3. The molecule has 0 aliphatic heterocycles. The van der Waals surface area contributed by atoms with Gasteiger partial charge in [-0.2, -0.15) is 4.98 Å². The Labute approximate surface area is 131 Å². The van der Waals surface area contributed by atoms with Gasteiger partial charge in [0, 0.05) is 0 Å². The lowest BCUT2D eigenvalue weighted by molar-refractivity contribution is 0.0606. The van der Waals surface area contributed by atoms with E-state index in [9.17, 15) is 4.79 Å². The summed E-state index contributed by atoms with van der Waals surface area (Å²) in [6, 6.07) is 8.25. The van der Waals surface area contributed by atoms with E-state index in [0.29, 0.717) is 5.19 Å². The van der Waals surface area contributed by atoms with E-state index in [1.54, 1.807) is 0 Å². The van der Waals surface area contributed by atoms with Gasteiger partial charge in [0.25, 0.3) is 5.19 Å². The molecular formula is C15H14ClNO3S. The highest BCUT2D eigenvalue weighted by molar-refractivity contribution is 7.15. The molecule has 1 aromatic heterocycles. The predicted molar refractivity (Wildman–Crippen MR) is 81.2 cm³/mol. The lowest BCUT2D eigenvalue weighted by Gasteiger charge is -2.24. The molecule has 1 aliphatic rings. The van der Waals surface area contributed by atoms with E-state index in [-0.39, 0.29) is 16.1 Å². The van der Waals surface area contributed by atoms with Crippen LogP contribution in [-0.4, -0.2) is 18.1 Å². The van der Waals surface area contributed by atoms with Crippen molar-refractivity contribution < 1.29 is 14.3 Å². The highest BCUT2D eigenvalue weighted by Crippen LogP contribution is 2.37. The highest BCUT2D eigenvalue weighted by atomic mass is 35.5. The second kappa shape index (κ2) is 6.03. The fourth-order valence-corrected chi connectivity index (χ4v) is 3.60.